The van der Waals surface area contributed by atoms with Crippen LogP contribution in [0.1, 0.15) is 6.92 Å². The smallest absolute Gasteiger partial charge is 0.237 e. The SMILES string of the molecule is CC(Br)C(=O)Nc1cccc(-n2ccnc2)c1. The molecule has 88 valence electrons. The van der Waals surface area contributed by atoms with Crippen molar-refractivity contribution >= 4 is 27.5 Å². The number of imidazole rings is 1. The summed E-state index contributed by atoms with van der Waals surface area (Å²) < 4.78 is 1.88. The molecule has 0 aliphatic heterocycles. The molecule has 1 unspecified atom stereocenters. The molecule has 1 aromatic heterocycles. The average molecular weight is 294 g/mol. The van der Waals surface area contributed by atoms with Gasteiger partial charge in [-0.05, 0) is 25.1 Å². The Morgan fingerprint density at radius 2 is 2.35 bits per heavy atom. The van der Waals surface area contributed by atoms with Crippen molar-refractivity contribution in [3.8, 4) is 5.69 Å². The van der Waals surface area contributed by atoms with Crippen LogP contribution in [0.4, 0.5) is 5.69 Å². The van der Waals surface area contributed by atoms with E-state index in [1.165, 1.54) is 0 Å². The largest absolute Gasteiger partial charge is 0.325 e. The molecule has 1 amide bonds. The molecule has 0 aliphatic carbocycles. The van der Waals surface area contributed by atoms with Gasteiger partial charge < -0.3 is 9.88 Å². The van der Waals surface area contributed by atoms with E-state index in [4.69, 9.17) is 0 Å². The zero-order valence-corrected chi connectivity index (χ0v) is 10.9. The number of rotatable bonds is 3. The quantitative estimate of drug-likeness (QED) is 0.884. The van der Waals surface area contributed by atoms with Crippen LogP contribution in [-0.4, -0.2) is 20.3 Å². The fourth-order valence-electron chi connectivity index (χ4n) is 1.40. The van der Waals surface area contributed by atoms with E-state index in [0.29, 0.717) is 0 Å². The number of hydrogen-bond acceptors (Lipinski definition) is 2. The number of nitrogens with one attached hydrogen (secondary N) is 1. The highest BCUT2D eigenvalue weighted by atomic mass is 79.9. The second-order valence-corrected chi connectivity index (χ2v) is 5.00. The molecule has 0 spiro atoms. The molecule has 4 nitrogen and oxygen atoms in total. The molecule has 1 N–H and O–H groups in total. The minimum atomic E-state index is -0.209. The third-order valence-electron chi connectivity index (χ3n) is 2.28. The lowest BCUT2D eigenvalue weighted by Crippen LogP contribution is -2.19. The summed E-state index contributed by atoms with van der Waals surface area (Å²) in [5.74, 6) is -0.0622. The van der Waals surface area contributed by atoms with Gasteiger partial charge >= 0.3 is 0 Å². The Morgan fingerprint density at radius 3 is 3.00 bits per heavy atom. The maximum Gasteiger partial charge on any atom is 0.237 e. The van der Waals surface area contributed by atoms with Crippen LogP contribution in [0.2, 0.25) is 0 Å². The summed E-state index contributed by atoms with van der Waals surface area (Å²) in [7, 11) is 0. The second-order valence-electron chi connectivity index (χ2n) is 3.63. The van der Waals surface area contributed by atoms with E-state index in [1.54, 1.807) is 19.4 Å². The lowest BCUT2D eigenvalue weighted by Gasteiger charge is -2.08. The Morgan fingerprint density at radius 1 is 1.53 bits per heavy atom. The zero-order chi connectivity index (χ0) is 12.3. The van der Waals surface area contributed by atoms with E-state index in [2.05, 4.69) is 26.2 Å². The molecule has 0 aliphatic rings. The molecular weight excluding hydrogens is 282 g/mol. The van der Waals surface area contributed by atoms with Gasteiger partial charge in [-0.25, -0.2) is 4.98 Å². The van der Waals surface area contributed by atoms with Crippen LogP contribution in [0.15, 0.2) is 43.0 Å². The van der Waals surface area contributed by atoms with Crippen molar-refractivity contribution in [3.63, 3.8) is 0 Å². The minimum absolute atomic E-state index is 0.0622. The molecular formula is C12H12BrN3O. The third-order valence-corrected chi connectivity index (χ3v) is 2.69. The summed E-state index contributed by atoms with van der Waals surface area (Å²) in [6.07, 6.45) is 5.29. The number of alkyl halides is 1. The standard InChI is InChI=1S/C12H12BrN3O/c1-9(13)12(17)15-10-3-2-4-11(7-10)16-6-5-14-8-16/h2-9H,1H3,(H,15,17). The third kappa shape index (κ3) is 2.94. The molecule has 0 bridgehead atoms. The maximum atomic E-state index is 11.5. The Balaban J connectivity index is 2.20. The van der Waals surface area contributed by atoms with Gasteiger partial charge in [-0.1, -0.05) is 22.0 Å². The molecule has 1 aromatic carbocycles. The molecule has 0 saturated heterocycles. The second kappa shape index (κ2) is 5.14. The summed E-state index contributed by atoms with van der Waals surface area (Å²) in [6, 6.07) is 7.60. The number of carbonyl (C=O) groups is 1. The summed E-state index contributed by atoms with van der Waals surface area (Å²) in [5.41, 5.74) is 1.73. The van der Waals surface area contributed by atoms with Crippen LogP contribution < -0.4 is 5.32 Å². The number of benzene rings is 1. The highest BCUT2D eigenvalue weighted by Crippen LogP contribution is 2.15. The number of halogens is 1. The predicted octanol–water partition coefficient (Wildman–Crippen LogP) is 2.59. The van der Waals surface area contributed by atoms with Crippen LogP contribution in [0.25, 0.3) is 5.69 Å². The van der Waals surface area contributed by atoms with Crippen LogP contribution in [0, 0.1) is 0 Å². The van der Waals surface area contributed by atoms with Crippen LogP contribution in [0.3, 0.4) is 0 Å². The van der Waals surface area contributed by atoms with Crippen molar-refractivity contribution in [2.45, 2.75) is 11.8 Å². The Bertz CT molecular complexity index is 508. The van der Waals surface area contributed by atoms with E-state index >= 15 is 0 Å². The summed E-state index contributed by atoms with van der Waals surface area (Å²) in [4.78, 5) is 15.3. The van der Waals surface area contributed by atoms with Gasteiger partial charge in [-0.3, -0.25) is 4.79 Å². The van der Waals surface area contributed by atoms with Gasteiger partial charge in [0, 0.05) is 23.8 Å². The molecule has 2 aromatic rings. The van der Waals surface area contributed by atoms with Crippen molar-refractivity contribution < 1.29 is 4.79 Å². The fourth-order valence-corrected chi connectivity index (χ4v) is 1.51. The van der Waals surface area contributed by atoms with Gasteiger partial charge in [0.25, 0.3) is 0 Å². The molecule has 1 heterocycles. The lowest BCUT2D eigenvalue weighted by molar-refractivity contribution is -0.115. The van der Waals surface area contributed by atoms with Crippen LogP contribution in [0.5, 0.6) is 0 Å². The van der Waals surface area contributed by atoms with Crippen molar-refractivity contribution in [1.29, 1.82) is 0 Å². The number of carbonyl (C=O) groups excluding carboxylic acids is 1. The summed E-state index contributed by atoms with van der Waals surface area (Å²) in [6.45, 7) is 1.79. The van der Waals surface area contributed by atoms with Gasteiger partial charge in [-0.15, -0.1) is 0 Å². The molecule has 0 saturated carbocycles. The summed E-state index contributed by atoms with van der Waals surface area (Å²) >= 11 is 3.23. The van der Waals surface area contributed by atoms with Gasteiger partial charge in [0.05, 0.1) is 11.2 Å². The van der Waals surface area contributed by atoms with Crippen molar-refractivity contribution in [2.75, 3.05) is 5.32 Å². The molecule has 17 heavy (non-hydrogen) atoms. The molecule has 0 radical (unpaired) electrons. The molecule has 1 atom stereocenters. The number of amides is 1. The van der Waals surface area contributed by atoms with Crippen LogP contribution in [-0.2, 0) is 4.79 Å². The first-order chi connectivity index (χ1) is 8.16. The van der Waals surface area contributed by atoms with Gasteiger partial charge in [0.2, 0.25) is 5.91 Å². The van der Waals surface area contributed by atoms with Crippen molar-refractivity contribution in [1.82, 2.24) is 9.55 Å². The molecule has 2 rings (SSSR count). The lowest BCUT2D eigenvalue weighted by atomic mass is 10.2. The average Bonchev–Trinajstić information content (AvgIpc) is 2.82. The fraction of sp³-hybridized carbons (Fsp3) is 0.167. The summed E-state index contributed by atoms with van der Waals surface area (Å²) in [5, 5.41) is 2.82. The monoisotopic (exact) mass is 293 g/mol. The Labute approximate surface area is 108 Å². The maximum absolute atomic E-state index is 11.5. The van der Waals surface area contributed by atoms with E-state index < -0.39 is 0 Å². The van der Waals surface area contributed by atoms with Crippen molar-refractivity contribution in [3.05, 3.63) is 43.0 Å². The number of hydrogen-bond donors (Lipinski definition) is 1. The normalized spacial score (nSPS) is 12.1. The topological polar surface area (TPSA) is 46.9 Å². The molecule has 0 fully saturated rings. The van der Waals surface area contributed by atoms with E-state index in [-0.39, 0.29) is 10.7 Å². The van der Waals surface area contributed by atoms with Crippen LogP contribution >= 0.6 is 15.9 Å². The highest BCUT2D eigenvalue weighted by molar-refractivity contribution is 9.10. The van der Waals surface area contributed by atoms with Gasteiger partial charge in [-0.2, -0.15) is 0 Å². The number of anilines is 1. The van der Waals surface area contributed by atoms with E-state index in [1.807, 2.05) is 35.0 Å². The Hall–Kier alpha value is -1.62. The number of aromatic nitrogens is 2. The van der Waals surface area contributed by atoms with Gasteiger partial charge in [0.15, 0.2) is 0 Å². The first kappa shape index (κ1) is 11.9. The first-order valence-electron chi connectivity index (χ1n) is 5.20. The Kier molecular flexibility index (Phi) is 3.58. The zero-order valence-electron chi connectivity index (χ0n) is 9.30. The highest BCUT2D eigenvalue weighted by Gasteiger charge is 2.08. The van der Waals surface area contributed by atoms with Gasteiger partial charge in [0.1, 0.15) is 0 Å². The van der Waals surface area contributed by atoms with E-state index in [0.717, 1.165) is 11.4 Å². The number of nitrogens with zero attached hydrogens (tertiary/aromatic N) is 2. The molecule has 5 heteroatoms. The first-order valence-corrected chi connectivity index (χ1v) is 6.12. The predicted molar refractivity (Wildman–Crippen MR) is 70.6 cm³/mol. The van der Waals surface area contributed by atoms with Crippen molar-refractivity contribution in [2.24, 2.45) is 0 Å². The van der Waals surface area contributed by atoms with E-state index in [9.17, 15) is 4.79 Å². The minimum Gasteiger partial charge on any atom is -0.325 e.